The van der Waals surface area contributed by atoms with Crippen LogP contribution in [-0.4, -0.2) is 28.4 Å². The average molecular weight is 291 g/mol. The summed E-state index contributed by atoms with van der Waals surface area (Å²) in [5, 5.41) is 0.530. The summed E-state index contributed by atoms with van der Waals surface area (Å²) in [5.74, 6) is -1.13. The Balaban J connectivity index is 2.03. The second kappa shape index (κ2) is 5.55. The highest BCUT2D eigenvalue weighted by Gasteiger charge is 2.33. The quantitative estimate of drug-likeness (QED) is 0.797. The fourth-order valence-electron chi connectivity index (χ4n) is 1.81. The van der Waals surface area contributed by atoms with Crippen molar-refractivity contribution in [2.45, 2.75) is 39.2 Å². The van der Waals surface area contributed by atoms with Crippen molar-refractivity contribution in [3.8, 4) is 5.75 Å². The van der Waals surface area contributed by atoms with E-state index in [1.165, 1.54) is 12.1 Å². The molecule has 1 heterocycles. The van der Waals surface area contributed by atoms with E-state index < -0.39 is 17.8 Å². The Morgan fingerprint density at radius 1 is 1.05 bits per heavy atom. The van der Waals surface area contributed by atoms with Crippen LogP contribution in [0.3, 0.4) is 0 Å². The minimum Gasteiger partial charge on any atom is -0.488 e. The summed E-state index contributed by atoms with van der Waals surface area (Å²) >= 11 is 0. The second-order valence-corrected chi connectivity index (χ2v) is 5.70. The van der Waals surface area contributed by atoms with Crippen molar-refractivity contribution in [3.05, 3.63) is 29.8 Å². The molecule has 0 unspecified atom stereocenters. The Morgan fingerprint density at radius 2 is 1.57 bits per heavy atom. The number of hydrogen-bond acceptors (Lipinski definition) is 5. The molecule has 6 heteroatoms. The van der Waals surface area contributed by atoms with Gasteiger partial charge in [0.2, 0.25) is 0 Å². The van der Waals surface area contributed by atoms with Gasteiger partial charge >= 0.3 is 5.97 Å². The number of imide groups is 1. The molecule has 112 valence electrons. The normalized spacial score (nSPS) is 15.3. The second-order valence-electron chi connectivity index (χ2n) is 5.70. The molecule has 0 saturated carbocycles. The van der Waals surface area contributed by atoms with E-state index in [1.54, 1.807) is 12.1 Å². The summed E-state index contributed by atoms with van der Waals surface area (Å²) in [5.41, 5.74) is -0.0973. The van der Waals surface area contributed by atoms with Crippen LogP contribution in [0.15, 0.2) is 24.3 Å². The molecule has 1 aromatic carbocycles. The van der Waals surface area contributed by atoms with E-state index in [2.05, 4.69) is 0 Å². The van der Waals surface area contributed by atoms with Crippen LogP contribution in [0.2, 0.25) is 0 Å². The molecule has 1 fully saturated rings. The third-order valence-electron chi connectivity index (χ3n) is 2.69. The van der Waals surface area contributed by atoms with Gasteiger partial charge in [-0.1, -0.05) is 0 Å². The number of hydrogen-bond donors (Lipinski definition) is 0. The molecule has 2 rings (SSSR count). The summed E-state index contributed by atoms with van der Waals surface area (Å²) in [6, 6.07) is 6.31. The number of benzene rings is 1. The molecular weight excluding hydrogens is 274 g/mol. The fraction of sp³-hybridized carbons (Fsp3) is 0.400. The summed E-state index contributed by atoms with van der Waals surface area (Å²) in [4.78, 5) is 39.4. The zero-order valence-electron chi connectivity index (χ0n) is 12.2. The SMILES string of the molecule is CC(C)(C)Oc1ccc(C(=O)ON2C(=O)CCC2=O)cc1. The van der Waals surface area contributed by atoms with Gasteiger partial charge in [0.05, 0.1) is 5.56 Å². The predicted molar refractivity (Wildman–Crippen MR) is 73.3 cm³/mol. The largest absolute Gasteiger partial charge is 0.488 e. The van der Waals surface area contributed by atoms with Crippen molar-refractivity contribution in [2.24, 2.45) is 0 Å². The lowest BCUT2D eigenvalue weighted by molar-refractivity contribution is -0.172. The predicted octanol–water partition coefficient (Wildman–Crippen LogP) is 2.08. The topological polar surface area (TPSA) is 72.9 Å². The highest BCUT2D eigenvalue weighted by atomic mass is 16.7. The van der Waals surface area contributed by atoms with E-state index in [0.29, 0.717) is 10.8 Å². The Labute approximate surface area is 122 Å². The maximum Gasteiger partial charge on any atom is 0.363 e. The van der Waals surface area contributed by atoms with Crippen LogP contribution >= 0.6 is 0 Å². The Morgan fingerprint density at radius 3 is 2.05 bits per heavy atom. The van der Waals surface area contributed by atoms with Gasteiger partial charge in [0, 0.05) is 12.8 Å². The number of amides is 2. The van der Waals surface area contributed by atoms with Crippen molar-refractivity contribution < 1.29 is 24.0 Å². The van der Waals surface area contributed by atoms with Crippen LogP contribution in [0.4, 0.5) is 0 Å². The summed E-state index contributed by atoms with van der Waals surface area (Å²) in [6.07, 6.45) is 0.148. The first-order chi connectivity index (χ1) is 9.76. The first kappa shape index (κ1) is 15.0. The van der Waals surface area contributed by atoms with Crippen LogP contribution in [0.25, 0.3) is 0 Å². The third kappa shape index (κ3) is 3.81. The molecule has 0 bridgehead atoms. The smallest absolute Gasteiger partial charge is 0.363 e. The van der Waals surface area contributed by atoms with Gasteiger partial charge in [-0.25, -0.2) is 4.79 Å². The van der Waals surface area contributed by atoms with Gasteiger partial charge in [0.15, 0.2) is 0 Å². The summed E-state index contributed by atoms with van der Waals surface area (Å²) < 4.78 is 5.63. The molecule has 0 aliphatic carbocycles. The molecule has 0 spiro atoms. The molecule has 1 aliphatic heterocycles. The molecule has 2 amide bonds. The van der Waals surface area contributed by atoms with Gasteiger partial charge in [-0.05, 0) is 45.0 Å². The van der Waals surface area contributed by atoms with Crippen molar-refractivity contribution in [2.75, 3.05) is 0 Å². The van der Waals surface area contributed by atoms with Gasteiger partial charge in [-0.2, -0.15) is 0 Å². The summed E-state index contributed by atoms with van der Waals surface area (Å²) in [6.45, 7) is 5.75. The van der Waals surface area contributed by atoms with Crippen LogP contribution in [0.1, 0.15) is 44.0 Å². The summed E-state index contributed by atoms with van der Waals surface area (Å²) in [7, 11) is 0. The fourth-order valence-corrected chi connectivity index (χ4v) is 1.81. The zero-order chi connectivity index (χ0) is 15.6. The van der Waals surface area contributed by atoms with Crippen molar-refractivity contribution in [3.63, 3.8) is 0 Å². The third-order valence-corrected chi connectivity index (χ3v) is 2.69. The first-order valence-electron chi connectivity index (χ1n) is 6.63. The number of rotatable bonds is 3. The highest BCUT2D eigenvalue weighted by molar-refractivity contribution is 6.02. The van der Waals surface area contributed by atoms with E-state index in [0.717, 1.165) is 0 Å². The van der Waals surface area contributed by atoms with Gasteiger partial charge in [0.25, 0.3) is 11.8 Å². The van der Waals surface area contributed by atoms with Gasteiger partial charge in [0.1, 0.15) is 11.4 Å². The average Bonchev–Trinajstić information content (AvgIpc) is 2.69. The van der Waals surface area contributed by atoms with E-state index in [-0.39, 0.29) is 24.0 Å². The van der Waals surface area contributed by atoms with E-state index in [9.17, 15) is 14.4 Å². The lowest BCUT2D eigenvalue weighted by Gasteiger charge is -2.21. The standard InChI is InChI=1S/C15H17NO5/c1-15(2,3)20-11-6-4-10(5-7-11)14(19)21-16-12(17)8-9-13(16)18/h4-7H,8-9H2,1-3H3. The molecule has 0 radical (unpaired) electrons. The van der Waals surface area contributed by atoms with E-state index >= 15 is 0 Å². The highest BCUT2D eigenvalue weighted by Crippen LogP contribution is 2.20. The molecular formula is C15H17NO5. The molecule has 0 aromatic heterocycles. The van der Waals surface area contributed by atoms with Crippen LogP contribution in [0.5, 0.6) is 5.75 Å². The Bertz CT molecular complexity index is 555. The molecule has 1 saturated heterocycles. The lowest BCUT2D eigenvalue weighted by atomic mass is 10.2. The van der Waals surface area contributed by atoms with Gasteiger partial charge in [-0.3, -0.25) is 9.59 Å². The molecule has 6 nitrogen and oxygen atoms in total. The van der Waals surface area contributed by atoms with Crippen LogP contribution in [0, 0.1) is 0 Å². The molecule has 0 atom stereocenters. The monoisotopic (exact) mass is 291 g/mol. The molecule has 0 N–H and O–H groups in total. The lowest BCUT2D eigenvalue weighted by Crippen LogP contribution is -2.32. The number of nitrogens with zero attached hydrogens (tertiary/aromatic N) is 1. The van der Waals surface area contributed by atoms with Crippen LogP contribution in [-0.2, 0) is 14.4 Å². The minimum atomic E-state index is -0.749. The Hall–Kier alpha value is -2.37. The maximum absolute atomic E-state index is 11.9. The van der Waals surface area contributed by atoms with Crippen LogP contribution < -0.4 is 4.74 Å². The van der Waals surface area contributed by atoms with E-state index in [4.69, 9.17) is 9.57 Å². The number of ether oxygens (including phenoxy) is 1. The molecule has 1 aromatic rings. The first-order valence-corrected chi connectivity index (χ1v) is 6.63. The maximum atomic E-state index is 11.9. The number of hydroxylamine groups is 2. The van der Waals surface area contributed by atoms with Crippen molar-refractivity contribution in [1.82, 2.24) is 5.06 Å². The van der Waals surface area contributed by atoms with E-state index in [1.807, 2.05) is 20.8 Å². The zero-order valence-corrected chi connectivity index (χ0v) is 12.2. The number of carbonyl (C=O) groups is 3. The van der Waals surface area contributed by atoms with Gasteiger partial charge in [-0.15, -0.1) is 5.06 Å². The number of carbonyl (C=O) groups excluding carboxylic acids is 3. The molecule has 1 aliphatic rings. The minimum absolute atomic E-state index is 0.0739. The molecule has 21 heavy (non-hydrogen) atoms. The van der Waals surface area contributed by atoms with Crippen molar-refractivity contribution in [1.29, 1.82) is 0 Å². The Kier molecular flexibility index (Phi) is 3.97. The van der Waals surface area contributed by atoms with Gasteiger partial charge < -0.3 is 9.57 Å². The van der Waals surface area contributed by atoms with Crippen molar-refractivity contribution >= 4 is 17.8 Å².